The van der Waals surface area contributed by atoms with Crippen molar-refractivity contribution in [3.63, 3.8) is 0 Å². The van der Waals surface area contributed by atoms with Crippen LogP contribution in [0, 0.1) is 0 Å². The number of carbonyl (C=O) groups is 1. The highest BCUT2D eigenvalue weighted by Gasteiger charge is 2.54. The van der Waals surface area contributed by atoms with E-state index >= 15 is 0 Å². The molecule has 1 saturated carbocycles. The van der Waals surface area contributed by atoms with Gasteiger partial charge in [0.25, 0.3) is 0 Å². The number of nitrogen functional groups attached to an aromatic ring is 1. The van der Waals surface area contributed by atoms with Gasteiger partial charge in [0, 0.05) is 6.04 Å². The number of nitrogens with zero attached hydrogens (tertiary/aromatic N) is 3. The molecule has 14 nitrogen and oxygen atoms in total. The van der Waals surface area contributed by atoms with Crippen LogP contribution in [0.25, 0.3) is 5.52 Å². The molecule has 228 valence electrons. The van der Waals surface area contributed by atoms with Crippen LogP contribution in [0.2, 0.25) is 0 Å². The van der Waals surface area contributed by atoms with E-state index < -0.39 is 50.3 Å². The molecule has 7 N–H and O–H groups in total. The second-order valence-electron chi connectivity index (χ2n) is 11.0. The van der Waals surface area contributed by atoms with Crippen molar-refractivity contribution in [1.29, 1.82) is 0 Å². The van der Waals surface area contributed by atoms with Gasteiger partial charge in [0.1, 0.15) is 53.7 Å². The van der Waals surface area contributed by atoms with Crippen molar-refractivity contribution in [2.45, 2.75) is 81.6 Å². The van der Waals surface area contributed by atoms with Gasteiger partial charge >= 0.3 is 13.7 Å². The maximum Gasteiger partial charge on any atom is 0.459 e. The molecule has 1 saturated heterocycles. The summed E-state index contributed by atoms with van der Waals surface area (Å²) in [5, 5.41) is 28.8. The molecule has 1 aromatic carbocycles. The van der Waals surface area contributed by atoms with Crippen molar-refractivity contribution in [1.82, 2.24) is 19.7 Å². The minimum absolute atomic E-state index is 0.0962. The van der Waals surface area contributed by atoms with E-state index in [2.05, 4.69) is 15.2 Å². The molecule has 15 heteroatoms. The number of rotatable bonds is 10. The predicted molar refractivity (Wildman–Crippen MR) is 151 cm³/mol. The molecular formula is C27H37N6O8P. The van der Waals surface area contributed by atoms with Crippen molar-refractivity contribution in [2.75, 3.05) is 12.3 Å². The lowest BCUT2D eigenvalue weighted by Crippen LogP contribution is -2.45. The van der Waals surface area contributed by atoms with E-state index in [1.54, 1.807) is 42.5 Å². The third kappa shape index (κ3) is 6.45. The fourth-order valence-corrected chi connectivity index (χ4v) is 6.77. The number of fused-ring (bicyclic) bond motifs is 1. The predicted octanol–water partition coefficient (Wildman–Crippen LogP) is 1.86. The first-order valence-corrected chi connectivity index (χ1v) is 15.4. The monoisotopic (exact) mass is 604 g/mol. The summed E-state index contributed by atoms with van der Waals surface area (Å²) in [6.45, 7) is 2.54. The zero-order valence-corrected chi connectivity index (χ0v) is 24.3. The Morgan fingerprint density at radius 1 is 1.21 bits per heavy atom. The summed E-state index contributed by atoms with van der Waals surface area (Å²) < 4.78 is 38.7. The number of benzene rings is 1. The van der Waals surface area contributed by atoms with E-state index in [1.165, 1.54) is 24.7 Å². The molecular weight excluding hydrogens is 567 g/mol. The quantitative estimate of drug-likeness (QED) is 0.166. The van der Waals surface area contributed by atoms with Gasteiger partial charge in [-0.2, -0.15) is 10.2 Å². The Bertz CT molecular complexity index is 1430. The molecule has 3 aromatic rings. The molecule has 1 aliphatic carbocycles. The number of ether oxygens (including phenoxy) is 2. The van der Waals surface area contributed by atoms with Gasteiger partial charge in [-0.1, -0.05) is 18.2 Å². The maximum absolute atomic E-state index is 14.0. The second kappa shape index (κ2) is 12.3. The Balaban J connectivity index is 1.31. The van der Waals surface area contributed by atoms with Crippen LogP contribution in [-0.4, -0.2) is 73.4 Å². The first-order chi connectivity index (χ1) is 20.0. The molecule has 0 bridgehead atoms. The van der Waals surface area contributed by atoms with Crippen LogP contribution in [0.1, 0.15) is 51.3 Å². The fourth-order valence-electron chi connectivity index (χ4n) is 5.19. The van der Waals surface area contributed by atoms with E-state index in [0.717, 1.165) is 12.8 Å². The van der Waals surface area contributed by atoms with Gasteiger partial charge in [0.05, 0.1) is 12.3 Å². The topological polar surface area (TPSA) is 206 Å². The fraction of sp³-hybridized carbons (Fsp3) is 0.519. The number of nitrogens with two attached hydrogens (primary N) is 2. The molecule has 2 fully saturated rings. The van der Waals surface area contributed by atoms with Gasteiger partial charge in [-0.3, -0.25) is 9.32 Å². The van der Waals surface area contributed by atoms with Gasteiger partial charge in [0.2, 0.25) is 0 Å². The average molecular weight is 605 g/mol. The van der Waals surface area contributed by atoms with E-state index in [4.69, 9.17) is 30.0 Å². The average Bonchev–Trinajstić information content (AvgIpc) is 3.49. The van der Waals surface area contributed by atoms with Crippen LogP contribution in [0.4, 0.5) is 5.82 Å². The Morgan fingerprint density at radius 2 is 1.93 bits per heavy atom. The zero-order valence-electron chi connectivity index (χ0n) is 23.4. The molecule has 2 aliphatic rings. The Kier molecular flexibility index (Phi) is 8.86. The number of aromatic nitrogens is 3. The highest BCUT2D eigenvalue weighted by Crippen LogP contribution is 2.48. The van der Waals surface area contributed by atoms with E-state index in [1.807, 2.05) is 0 Å². The van der Waals surface area contributed by atoms with Gasteiger partial charge < -0.3 is 35.7 Å². The number of aliphatic hydroxyl groups is 2. The minimum Gasteiger partial charge on any atom is -0.461 e. The number of para-hydroxylation sites is 1. The lowest BCUT2D eigenvalue weighted by Gasteiger charge is -2.31. The first kappa shape index (κ1) is 30.4. The largest absolute Gasteiger partial charge is 0.461 e. The zero-order chi connectivity index (χ0) is 30.1. The highest BCUT2D eigenvalue weighted by atomic mass is 31.2. The second-order valence-corrected chi connectivity index (χ2v) is 12.7. The normalized spacial score (nSPS) is 30.1. The van der Waals surface area contributed by atoms with E-state index in [9.17, 15) is 19.6 Å². The van der Waals surface area contributed by atoms with Gasteiger partial charge in [-0.25, -0.2) is 14.1 Å². The smallest absolute Gasteiger partial charge is 0.459 e. The van der Waals surface area contributed by atoms with Crippen LogP contribution in [0.5, 0.6) is 5.75 Å². The SMILES string of the molecule is C[C@H](NP(=O)(OC[C@@]1(C)O[C@@H](c2ccc3c(N)ncnn23)[C@H](O)[C@@H]1O)Oc1ccccc1)C(=O)O[C@H]1CC[C@H](N)CC1. The summed E-state index contributed by atoms with van der Waals surface area (Å²) in [7, 11) is -4.27. The maximum atomic E-state index is 14.0. The summed E-state index contributed by atoms with van der Waals surface area (Å²) in [4.78, 5) is 16.8. The lowest BCUT2D eigenvalue weighted by atomic mass is 9.94. The van der Waals surface area contributed by atoms with E-state index in [0.29, 0.717) is 24.1 Å². The van der Waals surface area contributed by atoms with Crippen LogP contribution in [0.3, 0.4) is 0 Å². The Morgan fingerprint density at radius 3 is 2.64 bits per heavy atom. The summed E-state index contributed by atoms with van der Waals surface area (Å²) >= 11 is 0. The number of esters is 1. The van der Waals surface area contributed by atoms with Crippen LogP contribution < -0.4 is 21.1 Å². The van der Waals surface area contributed by atoms with Crippen molar-refractivity contribution >= 4 is 25.1 Å². The van der Waals surface area contributed by atoms with E-state index in [-0.39, 0.29) is 23.7 Å². The number of nitrogens with one attached hydrogen (secondary N) is 1. The number of anilines is 1. The molecule has 0 spiro atoms. The Labute approximate surface area is 242 Å². The number of carbonyl (C=O) groups excluding carboxylic acids is 1. The molecule has 1 aliphatic heterocycles. The summed E-state index contributed by atoms with van der Waals surface area (Å²) in [5.41, 5.74) is 11.3. The summed E-state index contributed by atoms with van der Waals surface area (Å²) in [6, 6.07) is 10.7. The molecule has 6 atom stereocenters. The van der Waals surface area contributed by atoms with Gasteiger partial charge in [-0.15, -0.1) is 0 Å². The molecule has 5 rings (SSSR count). The summed E-state index contributed by atoms with van der Waals surface area (Å²) in [6.07, 6.45) is -0.0407. The van der Waals surface area contributed by atoms with Crippen LogP contribution >= 0.6 is 7.75 Å². The van der Waals surface area contributed by atoms with Crippen molar-refractivity contribution in [3.8, 4) is 5.75 Å². The lowest BCUT2D eigenvalue weighted by molar-refractivity contribution is -0.152. The van der Waals surface area contributed by atoms with Crippen molar-refractivity contribution in [2.24, 2.45) is 5.73 Å². The molecule has 0 radical (unpaired) electrons. The third-order valence-electron chi connectivity index (χ3n) is 7.66. The van der Waals surface area contributed by atoms with Crippen molar-refractivity contribution in [3.05, 3.63) is 54.5 Å². The third-order valence-corrected chi connectivity index (χ3v) is 9.28. The molecule has 1 unspecified atom stereocenters. The molecule has 2 aromatic heterocycles. The molecule has 3 heterocycles. The van der Waals surface area contributed by atoms with Crippen LogP contribution in [0.15, 0.2) is 48.8 Å². The number of aliphatic hydroxyl groups excluding tert-OH is 2. The van der Waals surface area contributed by atoms with Gasteiger partial charge in [0.15, 0.2) is 5.82 Å². The minimum atomic E-state index is -4.27. The summed E-state index contributed by atoms with van der Waals surface area (Å²) in [5.74, 6) is -0.153. The standard InChI is InChI=1S/C27H37N6O8P/c1-16(26(36)39-18-10-8-17(28)9-11-18)32-42(37,41-19-6-4-3-5-7-19)38-14-27(2)24(35)22(34)23(40-27)20-12-13-21-25(29)30-15-31-33(20)21/h3-7,12-13,15-18,22-24,34-35H,8-11,14,28H2,1-2H3,(H,32,37)(H2,29,30,31)/t16-,17-,18-,22-,23-,24-,27+,42?/m0/s1. The molecule has 0 amide bonds. The Hall–Kier alpha value is -3.10. The van der Waals surface area contributed by atoms with Crippen molar-refractivity contribution < 1.29 is 38.1 Å². The molecule has 42 heavy (non-hydrogen) atoms. The van der Waals surface area contributed by atoms with Gasteiger partial charge in [-0.05, 0) is 63.8 Å². The highest BCUT2D eigenvalue weighted by molar-refractivity contribution is 7.52. The first-order valence-electron chi connectivity index (χ1n) is 13.8. The number of hydrogen-bond donors (Lipinski definition) is 5. The number of hydrogen-bond acceptors (Lipinski definition) is 12. The van der Waals surface area contributed by atoms with Crippen LogP contribution in [-0.2, 0) is 23.4 Å².